The lowest BCUT2D eigenvalue weighted by atomic mass is 10.0. The number of carbonyl (C=O) groups excluding carboxylic acids is 1. The molecule has 0 aliphatic rings. The lowest BCUT2D eigenvalue weighted by Crippen LogP contribution is -2.34. The van der Waals surface area contributed by atoms with Gasteiger partial charge in [0.05, 0.1) is 10.6 Å². The molecular formula is C25H15Cl2N3O2S. The Hall–Kier alpha value is -3.45. The molecule has 1 amide bonds. The predicted octanol–water partition coefficient (Wildman–Crippen LogP) is 7.08. The van der Waals surface area contributed by atoms with Gasteiger partial charge in [0.1, 0.15) is 5.52 Å². The summed E-state index contributed by atoms with van der Waals surface area (Å²) < 4.78 is 5.83. The Bertz CT molecular complexity index is 1510. The lowest BCUT2D eigenvalue weighted by molar-refractivity contribution is 0.0979. The predicted molar refractivity (Wildman–Crippen MR) is 137 cm³/mol. The van der Waals surface area contributed by atoms with Crippen LogP contribution < -0.4 is 10.6 Å². The SMILES string of the molecule is O=C(NC(=S)Nc1ccc(Cl)c(-c2nc3ccccc3o2)c1)c1cccc2c(Cl)cccc12. The number of thiocarbonyl (C=S) groups is 1. The first-order valence-electron chi connectivity index (χ1n) is 9.95. The molecule has 5 aromatic rings. The number of hydrogen-bond acceptors (Lipinski definition) is 4. The second kappa shape index (κ2) is 8.83. The summed E-state index contributed by atoms with van der Waals surface area (Å²) in [6, 6.07) is 23.5. The van der Waals surface area contributed by atoms with Crippen molar-refractivity contribution in [2.45, 2.75) is 0 Å². The molecule has 4 aromatic carbocycles. The van der Waals surface area contributed by atoms with E-state index < -0.39 is 0 Å². The average molecular weight is 492 g/mol. The van der Waals surface area contributed by atoms with E-state index in [9.17, 15) is 4.79 Å². The summed E-state index contributed by atoms with van der Waals surface area (Å²) in [6.45, 7) is 0. The smallest absolute Gasteiger partial charge is 0.258 e. The van der Waals surface area contributed by atoms with Crippen LogP contribution in [0.2, 0.25) is 10.0 Å². The van der Waals surface area contributed by atoms with Gasteiger partial charge in [0.2, 0.25) is 5.89 Å². The summed E-state index contributed by atoms with van der Waals surface area (Å²) in [7, 11) is 0. The summed E-state index contributed by atoms with van der Waals surface area (Å²) >= 11 is 18.0. The van der Waals surface area contributed by atoms with E-state index in [1.807, 2.05) is 36.4 Å². The second-order valence-corrected chi connectivity index (χ2v) is 8.45. The number of nitrogens with zero attached hydrogens (tertiary/aromatic N) is 1. The third-order valence-electron chi connectivity index (χ3n) is 5.09. The Morgan fingerprint density at radius 3 is 2.52 bits per heavy atom. The van der Waals surface area contributed by atoms with Crippen molar-refractivity contribution in [1.82, 2.24) is 10.3 Å². The van der Waals surface area contributed by atoms with Crippen LogP contribution in [0.3, 0.4) is 0 Å². The third-order valence-corrected chi connectivity index (χ3v) is 5.95. The van der Waals surface area contributed by atoms with Crippen molar-refractivity contribution in [1.29, 1.82) is 0 Å². The number of amides is 1. The summed E-state index contributed by atoms with van der Waals surface area (Å²) in [6.07, 6.45) is 0. The highest BCUT2D eigenvalue weighted by Gasteiger charge is 2.15. The van der Waals surface area contributed by atoms with E-state index in [1.54, 1.807) is 42.5 Å². The minimum Gasteiger partial charge on any atom is -0.436 e. The zero-order valence-electron chi connectivity index (χ0n) is 16.9. The molecule has 1 aromatic heterocycles. The van der Waals surface area contributed by atoms with E-state index in [4.69, 9.17) is 39.8 Å². The highest BCUT2D eigenvalue weighted by Crippen LogP contribution is 2.32. The van der Waals surface area contributed by atoms with Gasteiger partial charge in [-0.15, -0.1) is 0 Å². The molecule has 0 saturated carbocycles. The molecule has 0 spiro atoms. The van der Waals surface area contributed by atoms with Crippen LogP contribution >= 0.6 is 35.4 Å². The summed E-state index contributed by atoms with van der Waals surface area (Å²) in [5.41, 5.74) is 3.11. The Labute approximate surface area is 204 Å². The van der Waals surface area contributed by atoms with Gasteiger partial charge in [-0.2, -0.15) is 0 Å². The van der Waals surface area contributed by atoms with Gasteiger partial charge in [0.15, 0.2) is 10.7 Å². The fourth-order valence-electron chi connectivity index (χ4n) is 3.56. The van der Waals surface area contributed by atoms with E-state index in [-0.39, 0.29) is 11.0 Å². The van der Waals surface area contributed by atoms with Crippen LogP contribution in [0.25, 0.3) is 33.3 Å². The largest absolute Gasteiger partial charge is 0.436 e. The molecule has 0 fully saturated rings. The molecule has 0 atom stereocenters. The van der Waals surface area contributed by atoms with Crippen molar-refractivity contribution in [2.24, 2.45) is 0 Å². The minimum atomic E-state index is -0.339. The molecule has 2 N–H and O–H groups in total. The monoisotopic (exact) mass is 491 g/mol. The lowest BCUT2D eigenvalue weighted by Gasteiger charge is -2.12. The van der Waals surface area contributed by atoms with Crippen LogP contribution in [-0.4, -0.2) is 16.0 Å². The van der Waals surface area contributed by atoms with Crippen LogP contribution in [0.5, 0.6) is 0 Å². The highest BCUT2D eigenvalue weighted by atomic mass is 35.5. The van der Waals surface area contributed by atoms with Crippen molar-refractivity contribution in [3.05, 3.63) is 94.5 Å². The Balaban J connectivity index is 1.37. The van der Waals surface area contributed by atoms with Crippen molar-refractivity contribution < 1.29 is 9.21 Å². The standard InChI is InChI=1S/C25H15Cl2N3O2S/c26-19-8-4-5-15-16(19)6-3-7-17(15)23(31)30-25(33)28-14-11-12-20(27)18(13-14)24-29-21-9-1-2-10-22(21)32-24/h1-13H,(H2,28,30,31,33). The second-order valence-electron chi connectivity index (χ2n) is 7.23. The maximum absolute atomic E-state index is 12.9. The van der Waals surface area contributed by atoms with Gasteiger partial charge < -0.3 is 9.73 Å². The van der Waals surface area contributed by atoms with Crippen LogP contribution in [-0.2, 0) is 0 Å². The first-order chi connectivity index (χ1) is 16.0. The van der Waals surface area contributed by atoms with Gasteiger partial charge in [-0.05, 0) is 60.1 Å². The molecule has 0 saturated heterocycles. The number of halogens is 2. The Morgan fingerprint density at radius 2 is 1.67 bits per heavy atom. The molecule has 1 heterocycles. The first kappa shape index (κ1) is 21.4. The van der Waals surface area contributed by atoms with Crippen LogP contribution in [0.4, 0.5) is 5.69 Å². The zero-order valence-corrected chi connectivity index (χ0v) is 19.3. The van der Waals surface area contributed by atoms with E-state index in [1.165, 1.54) is 0 Å². The fraction of sp³-hybridized carbons (Fsp3) is 0. The number of fused-ring (bicyclic) bond motifs is 2. The maximum atomic E-state index is 12.9. The number of carbonyl (C=O) groups is 1. The van der Waals surface area contributed by atoms with Crippen LogP contribution in [0, 0.1) is 0 Å². The Kier molecular flexibility index (Phi) is 5.72. The molecule has 5 rings (SSSR count). The number of rotatable bonds is 3. The molecule has 0 bridgehead atoms. The van der Waals surface area contributed by atoms with Gasteiger partial charge in [-0.25, -0.2) is 4.98 Å². The first-order valence-corrected chi connectivity index (χ1v) is 11.1. The molecular weight excluding hydrogens is 477 g/mol. The van der Waals surface area contributed by atoms with Crippen LogP contribution in [0.1, 0.15) is 10.4 Å². The van der Waals surface area contributed by atoms with Gasteiger partial charge in [0, 0.05) is 21.7 Å². The number of aromatic nitrogens is 1. The van der Waals surface area contributed by atoms with E-state index in [0.29, 0.717) is 38.3 Å². The van der Waals surface area contributed by atoms with Crippen molar-refractivity contribution in [2.75, 3.05) is 5.32 Å². The van der Waals surface area contributed by atoms with E-state index in [0.717, 1.165) is 16.3 Å². The van der Waals surface area contributed by atoms with Crippen molar-refractivity contribution in [3.8, 4) is 11.5 Å². The normalized spacial score (nSPS) is 11.0. The number of benzene rings is 4. The number of hydrogen-bond donors (Lipinski definition) is 2. The summed E-state index contributed by atoms with van der Waals surface area (Å²) in [5.74, 6) is 0.0564. The van der Waals surface area contributed by atoms with Crippen molar-refractivity contribution >= 4 is 74.0 Å². The molecule has 0 aliphatic heterocycles. The third kappa shape index (κ3) is 4.28. The average Bonchev–Trinajstić information content (AvgIpc) is 3.24. The molecule has 33 heavy (non-hydrogen) atoms. The maximum Gasteiger partial charge on any atom is 0.258 e. The fourth-order valence-corrected chi connectivity index (χ4v) is 4.20. The van der Waals surface area contributed by atoms with Crippen molar-refractivity contribution in [3.63, 3.8) is 0 Å². The Morgan fingerprint density at radius 1 is 0.879 bits per heavy atom. The summed E-state index contributed by atoms with van der Waals surface area (Å²) in [5, 5.41) is 8.48. The molecule has 8 heteroatoms. The van der Waals surface area contributed by atoms with E-state index >= 15 is 0 Å². The highest BCUT2D eigenvalue weighted by molar-refractivity contribution is 7.80. The molecule has 0 unspecified atom stereocenters. The number of para-hydroxylation sites is 2. The molecule has 0 radical (unpaired) electrons. The van der Waals surface area contributed by atoms with Gasteiger partial charge in [-0.3, -0.25) is 10.1 Å². The zero-order chi connectivity index (χ0) is 22.9. The van der Waals surface area contributed by atoms with Crippen LogP contribution in [0.15, 0.2) is 83.3 Å². The molecule has 0 aliphatic carbocycles. The molecule has 5 nitrogen and oxygen atoms in total. The minimum absolute atomic E-state index is 0.143. The number of nitrogens with one attached hydrogen (secondary N) is 2. The van der Waals surface area contributed by atoms with Gasteiger partial charge >= 0.3 is 0 Å². The molecule has 162 valence electrons. The summed E-state index contributed by atoms with van der Waals surface area (Å²) in [4.78, 5) is 17.4. The number of anilines is 1. The van der Waals surface area contributed by atoms with Gasteiger partial charge in [-0.1, -0.05) is 59.6 Å². The van der Waals surface area contributed by atoms with Gasteiger partial charge in [0.25, 0.3) is 5.91 Å². The topological polar surface area (TPSA) is 67.2 Å². The van der Waals surface area contributed by atoms with E-state index in [2.05, 4.69) is 15.6 Å². The quantitative estimate of drug-likeness (QED) is 0.264. The number of oxazole rings is 1.